The van der Waals surface area contributed by atoms with E-state index in [0.29, 0.717) is 22.6 Å². The summed E-state index contributed by atoms with van der Waals surface area (Å²) in [6, 6.07) is 10.0. The summed E-state index contributed by atoms with van der Waals surface area (Å²) in [5, 5.41) is 10.8. The standard InChI is InChI=1S/C25H27N3O5/c1-13(2)10-18(29)21-22(15-7-9-19(32-4)20(12-15)33-5)28(24(31)23(21)30)25-26-16-8-6-14(3)11-17(16)27-25/h6-9,11-13,22,30H,10H2,1-5H3,(H,26,27). The maximum absolute atomic E-state index is 13.3. The van der Waals surface area contributed by atoms with E-state index in [0.717, 1.165) is 11.1 Å². The van der Waals surface area contributed by atoms with E-state index < -0.39 is 17.7 Å². The van der Waals surface area contributed by atoms with Crippen molar-refractivity contribution in [1.82, 2.24) is 9.97 Å². The van der Waals surface area contributed by atoms with Crippen LogP contribution in [0.5, 0.6) is 11.5 Å². The summed E-state index contributed by atoms with van der Waals surface area (Å²) in [6.07, 6.45) is 0.198. The number of Topliss-reactive ketones (excluding diaryl/α,β-unsaturated/α-hetero) is 1. The van der Waals surface area contributed by atoms with Crippen LogP contribution in [0.2, 0.25) is 0 Å². The number of aryl methyl sites for hydroxylation is 1. The summed E-state index contributed by atoms with van der Waals surface area (Å²) in [4.78, 5) is 35.5. The zero-order valence-electron chi connectivity index (χ0n) is 19.3. The fourth-order valence-electron chi connectivity index (χ4n) is 4.15. The van der Waals surface area contributed by atoms with Gasteiger partial charge in [-0.3, -0.25) is 14.5 Å². The number of nitrogens with zero attached hydrogens (tertiary/aromatic N) is 2. The number of benzene rings is 2. The molecule has 4 rings (SSSR count). The number of hydrogen-bond donors (Lipinski definition) is 2. The monoisotopic (exact) mass is 449 g/mol. The smallest absolute Gasteiger partial charge is 0.296 e. The average molecular weight is 450 g/mol. The van der Waals surface area contributed by atoms with Gasteiger partial charge in [0.25, 0.3) is 5.91 Å². The van der Waals surface area contributed by atoms with E-state index in [9.17, 15) is 14.7 Å². The van der Waals surface area contributed by atoms with Crippen LogP contribution in [0.4, 0.5) is 5.95 Å². The number of aliphatic hydroxyl groups excluding tert-OH is 1. The maximum atomic E-state index is 13.3. The molecule has 2 N–H and O–H groups in total. The second kappa shape index (κ2) is 8.61. The summed E-state index contributed by atoms with van der Waals surface area (Å²) in [7, 11) is 3.04. The number of aromatic amines is 1. The highest BCUT2D eigenvalue weighted by Gasteiger charge is 2.45. The molecule has 2 aromatic carbocycles. The zero-order valence-corrected chi connectivity index (χ0v) is 19.3. The van der Waals surface area contributed by atoms with Crippen LogP contribution in [-0.2, 0) is 9.59 Å². The Balaban J connectivity index is 1.89. The Labute approximate surface area is 191 Å². The third kappa shape index (κ3) is 3.92. The van der Waals surface area contributed by atoms with Gasteiger partial charge in [-0.2, -0.15) is 0 Å². The number of anilines is 1. The molecular formula is C25H27N3O5. The van der Waals surface area contributed by atoms with Crippen LogP contribution in [0.1, 0.15) is 37.4 Å². The Morgan fingerprint density at radius 1 is 1.15 bits per heavy atom. The number of carbonyl (C=O) groups is 2. The topological polar surface area (TPSA) is 105 Å². The van der Waals surface area contributed by atoms with Crippen LogP contribution in [-0.4, -0.2) is 41.0 Å². The third-order valence-corrected chi connectivity index (χ3v) is 5.68. The SMILES string of the molecule is COc1ccc(C2C(C(=O)CC(C)C)=C(O)C(=O)N2c2nc3ccc(C)cc3[nH]2)cc1OC. The van der Waals surface area contributed by atoms with Gasteiger partial charge in [0.05, 0.1) is 36.9 Å². The number of fused-ring (bicyclic) bond motifs is 1. The van der Waals surface area contributed by atoms with Crippen LogP contribution in [0, 0.1) is 12.8 Å². The van der Waals surface area contributed by atoms with Gasteiger partial charge in [-0.25, -0.2) is 4.98 Å². The minimum atomic E-state index is -0.870. The summed E-state index contributed by atoms with van der Waals surface area (Å²) in [5.41, 5.74) is 3.11. The van der Waals surface area contributed by atoms with Gasteiger partial charge in [-0.1, -0.05) is 26.0 Å². The number of ether oxygens (including phenoxy) is 2. The molecule has 1 atom stereocenters. The number of aliphatic hydroxyl groups is 1. The number of rotatable bonds is 7. The highest BCUT2D eigenvalue weighted by molar-refractivity contribution is 6.16. The number of carbonyl (C=O) groups excluding carboxylic acids is 2. The molecule has 2 heterocycles. The van der Waals surface area contributed by atoms with Gasteiger partial charge < -0.3 is 19.6 Å². The molecule has 33 heavy (non-hydrogen) atoms. The number of imidazole rings is 1. The minimum Gasteiger partial charge on any atom is -0.503 e. The number of hydrogen-bond acceptors (Lipinski definition) is 6. The van der Waals surface area contributed by atoms with Crippen molar-refractivity contribution >= 4 is 28.7 Å². The molecule has 1 aliphatic rings. The Morgan fingerprint density at radius 2 is 1.88 bits per heavy atom. The molecule has 1 amide bonds. The lowest BCUT2D eigenvalue weighted by Gasteiger charge is -2.25. The lowest BCUT2D eigenvalue weighted by atomic mass is 9.92. The third-order valence-electron chi connectivity index (χ3n) is 5.68. The van der Waals surface area contributed by atoms with Crippen molar-refractivity contribution in [3.8, 4) is 11.5 Å². The second-order valence-corrected chi connectivity index (χ2v) is 8.56. The van der Waals surface area contributed by atoms with E-state index >= 15 is 0 Å². The predicted molar refractivity (Wildman–Crippen MR) is 125 cm³/mol. The van der Waals surface area contributed by atoms with Gasteiger partial charge in [0.2, 0.25) is 5.95 Å². The van der Waals surface area contributed by atoms with Crippen molar-refractivity contribution in [1.29, 1.82) is 0 Å². The molecule has 1 aliphatic heterocycles. The van der Waals surface area contributed by atoms with Gasteiger partial charge >= 0.3 is 0 Å². The molecule has 0 aliphatic carbocycles. The van der Waals surface area contributed by atoms with Gasteiger partial charge in [0, 0.05) is 6.42 Å². The molecule has 8 nitrogen and oxygen atoms in total. The summed E-state index contributed by atoms with van der Waals surface area (Å²) in [6.45, 7) is 5.79. The molecule has 1 unspecified atom stereocenters. The molecule has 8 heteroatoms. The number of H-pyrrole nitrogens is 1. The molecule has 0 fully saturated rings. The van der Waals surface area contributed by atoms with Crippen LogP contribution in [0.15, 0.2) is 47.7 Å². The summed E-state index contributed by atoms with van der Waals surface area (Å²) >= 11 is 0. The summed E-state index contributed by atoms with van der Waals surface area (Å²) in [5.74, 6) is -0.259. The van der Waals surface area contributed by atoms with E-state index in [-0.39, 0.29) is 29.6 Å². The van der Waals surface area contributed by atoms with E-state index in [1.54, 1.807) is 18.2 Å². The second-order valence-electron chi connectivity index (χ2n) is 8.56. The first-order chi connectivity index (χ1) is 15.7. The first-order valence-electron chi connectivity index (χ1n) is 10.7. The number of methoxy groups -OCH3 is 2. The first kappa shape index (κ1) is 22.4. The lowest BCUT2D eigenvalue weighted by molar-refractivity contribution is -0.118. The zero-order chi connectivity index (χ0) is 23.9. The quantitative estimate of drug-likeness (QED) is 0.554. The highest BCUT2D eigenvalue weighted by Crippen LogP contribution is 2.43. The molecule has 3 aromatic rings. The fraction of sp³-hybridized carbons (Fsp3) is 0.320. The minimum absolute atomic E-state index is 0.0533. The van der Waals surface area contributed by atoms with E-state index in [2.05, 4.69) is 9.97 Å². The fourth-order valence-corrected chi connectivity index (χ4v) is 4.15. The molecule has 0 spiro atoms. The number of aromatic nitrogens is 2. The van der Waals surface area contributed by atoms with Crippen molar-refractivity contribution in [2.24, 2.45) is 5.92 Å². The maximum Gasteiger partial charge on any atom is 0.296 e. The number of amides is 1. The molecule has 0 saturated carbocycles. The Bertz CT molecular complexity index is 1270. The average Bonchev–Trinajstić information content (AvgIpc) is 3.30. The van der Waals surface area contributed by atoms with Gasteiger partial charge in [-0.05, 0) is 48.2 Å². The molecule has 0 bridgehead atoms. The molecule has 0 saturated heterocycles. The normalized spacial score (nSPS) is 16.2. The molecule has 0 radical (unpaired) electrons. The Kier molecular flexibility index (Phi) is 5.84. The van der Waals surface area contributed by atoms with Crippen molar-refractivity contribution < 1.29 is 24.2 Å². The van der Waals surface area contributed by atoms with Crippen molar-refractivity contribution in [2.75, 3.05) is 19.1 Å². The van der Waals surface area contributed by atoms with E-state index in [1.165, 1.54) is 19.1 Å². The lowest BCUT2D eigenvalue weighted by Crippen LogP contribution is -2.32. The van der Waals surface area contributed by atoms with Crippen molar-refractivity contribution in [2.45, 2.75) is 33.2 Å². The largest absolute Gasteiger partial charge is 0.503 e. The van der Waals surface area contributed by atoms with Gasteiger partial charge in [0.1, 0.15) is 0 Å². The van der Waals surface area contributed by atoms with Crippen LogP contribution < -0.4 is 14.4 Å². The molecular weight excluding hydrogens is 422 g/mol. The van der Waals surface area contributed by atoms with Crippen LogP contribution in [0.25, 0.3) is 11.0 Å². The molecule has 172 valence electrons. The summed E-state index contributed by atoms with van der Waals surface area (Å²) < 4.78 is 10.8. The van der Waals surface area contributed by atoms with Crippen molar-refractivity contribution in [3.63, 3.8) is 0 Å². The van der Waals surface area contributed by atoms with Gasteiger partial charge in [-0.15, -0.1) is 0 Å². The van der Waals surface area contributed by atoms with Gasteiger partial charge in [0.15, 0.2) is 23.0 Å². The Hall–Kier alpha value is -3.81. The highest BCUT2D eigenvalue weighted by atomic mass is 16.5. The number of ketones is 1. The van der Waals surface area contributed by atoms with E-state index in [1.807, 2.05) is 39.0 Å². The first-order valence-corrected chi connectivity index (χ1v) is 10.7. The number of nitrogens with one attached hydrogen (secondary N) is 1. The van der Waals surface area contributed by atoms with Crippen LogP contribution >= 0.6 is 0 Å². The van der Waals surface area contributed by atoms with E-state index in [4.69, 9.17) is 9.47 Å². The molecule has 1 aromatic heterocycles. The predicted octanol–water partition coefficient (Wildman–Crippen LogP) is 4.40. The van der Waals surface area contributed by atoms with Crippen molar-refractivity contribution in [3.05, 3.63) is 58.9 Å². The van der Waals surface area contributed by atoms with Crippen LogP contribution in [0.3, 0.4) is 0 Å². The Morgan fingerprint density at radius 3 is 2.55 bits per heavy atom.